The van der Waals surface area contributed by atoms with Crippen molar-refractivity contribution in [1.82, 2.24) is 10.4 Å². The number of hydrogen-bond acceptors (Lipinski definition) is 2. The molecule has 0 aromatic heterocycles. The van der Waals surface area contributed by atoms with E-state index in [0.29, 0.717) is 11.3 Å². The molecule has 0 radical (unpaired) electrons. The summed E-state index contributed by atoms with van der Waals surface area (Å²) in [6.45, 7) is 7.52. The van der Waals surface area contributed by atoms with Crippen LogP contribution in [0.1, 0.15) is 44.9 Å². The number of nitrogens with zero attached hydrogens (tertiary/aromatic N) is 1. The summed E-state index contributed by atoms with van der Waals surface area (Å²) in [7, 11) is 0. The predicted octanol–water partition coefficient (Wildman–Crippen LogP) is 5.01. The van der Waals surface area contributed by atoms with Gasteiger partial charge in [0.1, 0.15) is 0 Å². The maximum atomic E-state index is 14.0. The van der Waals surface area contributed by atoms with Crippen LogP contribution in [0, 0.1) is 11.3 Å². The molecule has 0 bridgehead atoms. The van der Waals surface area contributed by atoms with Crippen LogP contribution in [0.25, 0.3) is 10.8 Å². The van der Waals surface area contributed by atoms with Gasteiger partial charge in [0.05, 0.1) is 5.41 Å². The molecule has 3 rings (SSSR count). The molecule has 0 aliphatic carbocycles. The Balaban J connectivity index is 2.08. The number of carbonyl (C=O) groups is 1. The van der Waals surface area contributed by atoms with Crippen LogP contribution in [0.4, 0.5) is 13.2 Å². The van der Waals surface area contributed by atoms with Crippen LogP contribution in [-0.4, -0.2) is 23.6 Å². The summed E-state index contributed by atoms with van der Waals surface area (Å²) in [5.74, 6) is 0.0757. The van der Waals surface area contributed by atoms with E-state index in [4.69, 9.17) is 0 Å². The minimum atomic E-state index is -4.52. The number of hydrazine groups is 1. The van der Waals surface area contributed by atoms with E-state index in [9.17, 15) is 18.0 Å². The van der Waals surface area contributed by atoms with Gasteiger partial charge in [0.25, 0.3) is 0 Å². The summed E-state index contributed by atoms with van der Waals surface area (Å²) < 4.78 is 42.1. The van der Waals surface area contributed by atoms with Crippen LogP contribution in [0.15, 0.2) is 36.4 Å². The first-order valence-electron chi connectivity index (χ1n) is 9.15. The Kier molecular flexibility index (Phi) is 4.97. The van der Waals surface area contributed by atoms with Gasteiger partial charge in [0.15, 0.2) is 6.04 Å². The SMILES string of the molecule is CC(C)Cc1ccc2c(C(N3CC(C)(C)C(=O)N3)C(F)(F)F)cccc2c1. The van der Waals surface area contributed by atoms with Crippen molar-refractivity contribution in [3.8, 4) is 0 Å². The molecule has 2 aromatic rings. The second kappa shape index (κ2) is 6.82. The molecule has 1 fully saturated rings. The van der Waals surface area contributed by atoms with Gasteiger partial charge in [-0.1, -0.05) is 50.2 Å². The number of halogens is 3. The third kappa shape index (κ3) is 3.95. The highest BCUT2D eigenvalue weighted by Crippen LogP contribution is 2.42. The Bertz CT molecular complexity index is 858. The Morgan fingerprint density at radius 3 is 2.44 bits per heavy atom. The molecule has 1 aliphatic heterocycles. The van der Waals surface area contributed by atoms with E-state index in [1.54, 1.807) is 26.0 Å². The molecule has 3 nitrogen and oxygen atoms in total. The molecule has 2 aromatic carbocycles. The van der Waals surface area contributed by atoms with Crippen molar-refractivity contribution in [3.63, 3.8) is 0 Å². The molecule has 0 spiro atoms. The van der Waals surface area contributed by atoms with E-state index in [1.807, 2.05) is 18.2 Å². The van der Waals surface area contributed by atoms with Gasteiger partial charge >= 0.3 is 6.18 Å². The number of hydrogen-bond donors (Lipinski definition) is 1. The molecule has 1 unspecified atom stereocenters. The number of rotatable bonds is 4. The average Bonchev–Trinajstić information content (AvgIpc) is 2.78. The molecule has 1 N–H and O–H groups in total. The van der Waals surface area contributed by atoms with Crippen molar-refractivity contribution in [2.45, 2.75) is 46.3 Å². The van der Waals surface area contributed by atoms with Gasteiger partial charge in [-0.3, -0.25) is 10.2 Å². The third-order valence-electron chi connectivity index (χ3n) is 4.96. The molecule has 1 atom stereocenters. The van der Waals surface area contributed by atoms with Crippen LogP contribution in [-0.2, 0) is 11.2 Å². The van der Waals surface area contributed by atoms with Crippen LogP contribution in [0.5, 0.6) is 0 Å². The van der Waals surface area contributed by atoms with Gasteiger partial charge in [0.2, 0.25) is 5.91 Å². The van der Waals surface area contributed by atoms with Gasteiger partial charge in [-0.05, 0) is 48.1 Å². The van der Waals surface area contributed by atoms with E-state index in [2.05, 4.69) is 19.3 Å². The number of nitrogens with one attached hydrogen (secondary N) is 1. The standard InChI is InChI=1S/C21H25F3N2O/c1-13(2)10-14-8-9-16-15(11-14)6-5-7-17(16)18(21(22,23)24)26-12-20(3,4)19(27)25-26/h5-9,11,13,18H,10,12H2,1-4H3,(H,25,27). The summed E-state index contributed by atoms with van der Waals surface area (Å²) in [4.78, 5) is 12.1. The van der Waals surface area contributed by atoms with Gasteiger partial charge in [-0.15, -0.1) is 0 Å². The molecular weight excluding hydrogens is 353 g/mol. The molecule has 6 heteroatoms. The minimum Gasteiger partial charge on any atom is -0.287 e. The molecule has 0 saturated carbocycles. The zero-order valence-corrected chi connectivity index (χ0v) is 16.0. The van der Waals surface area contributed by atoms with Crippen molar-refractivity contribution in [3.05, 3.63) is 47.5 Å². The number of carbonyl (C=O) groups excluding carboxylic acids is 1. The maximum absolute atomic E-state index is 14.0. The zero-order chi connectivity index (χ0) is 20.0. The van der Waals surface area contributed by atoms with Crippen LogP contribution >= 0.6 is 0 Å². The third-order valence-corrected chi connectivity index (χ3v) is 4.96. The molecule has 1 heterocycles. The summed E-state index contributed by atoms with van der Waals surface area (Å²) >= 11 is 0. The van der Waals surface area contributed by atoms with E-state index in [0.717, 1.165) is 22.4 Å². The highest BCUT2D eigenvalue weighted by atomic mass is 19.4. The molecule has 146 valence electrons. The van der Waals surface area contributed by atoms with Gasteiger partial charge < -0.3 is 0 Å². The lowest BCUT2D eigenvalue weighted by atomic mass is 9.92. The topological polar surface area (TPSA) is 32.3 Å². The average molecular weight is 378 g/mol. The van der Waals surface area contributed by atoms with E-state index < -0.39 is 23.5 Å². The quantitative estimate of drug-likeness (QED) is 0.811. The Hall–Kier alpha value is -2.08. The Labute approximate surface area is 157 Å². The van der Waals surface area contributed by atoms with Gasteiger partial charge in [-0.2, -0.15) is 13.2 Å². The molecule has 1 saturated heterocycles. The first-order chi connectivity index (χ1) is 12.5. The van der Waals surface area contributed by atoms with E-state index in [-0.39, 0.29) is 12.1 Å². The molecule has 1 aliphatic rings. The highest BCUT2D eigenvalue weighted by Gasteiger charge is 2.51. The predicted molar refractivity (Wildman–Crippen MR) is 99.9 cm³/mol. The van der Waals surface area contributed by atoms with Crippen molar-refractivity contribution < 1.29 is 18.0 Å². The fourth-order valence-electron chi connectivity index (χ4n) is 3.69. The van der Waals surface area contributed by atoms with Crippen LogP contribution in [0.3, 0.4) is 0 Å². The lowest BCUT2D eigenvalue weighted by Gasteiger charge is -2.30. The summed E-state index contributed by atoms with van der Waals surface area (Å²) in [6.07, 6.45) is -3.64. The maximum Gasteiger partial charge on any atom is 0.409 e. The number of alkyl halides is 3. The second-order valence-corrected chi connectivity index (χ2v) is 8.40. The molecule has 1 amide bonds. The summed E-state index contributed by atoms with van der Waals surface area (Å²) in [5, 5.41) is 2.37. The monoisotopic (exact) mass is 378 g/mol. The smallest absolute Gasteiger partial charge is 0.287 e. The lowest BCUT2D eigenvalue weighted by molar-refractivity contribution is -0.191. The summed E-state index contributed by atoms with van der Waals surface area (Å²) in [6, 6.07) is 8.72. The normalized spacial score (nSPS) is 18.9. The van der Waals surface area contributed by atoms with Gasteiger partial charge in [0, 0.05) is 6.54 Å². The number of fused-ring (bicyclic) bond motifs is 1. The first-order valence-corrected chi connectivity index (χ1v) is 9.15. The van der Waals surface area contributed by atoms with Crippen molar-refractivity contribution >= 4 is 16.7 Å². The number of benzene rings is 2. The van der Waals surface area contributed by atoms with Crippen LogP contribution < -0.4 is 5.43 Å². The first kappa shape index (κ1) is 19.7. The Morgan fingerprint density at radius 1 is 1.19 bits per heavy atom. The largest absolute Gasteiger partial charge is 0.409 e. The zero-order valence-electron chi connectivity index (χ0n) is 16.0. The lowest BCUT2D eigenvalue weighted by Crippen LogP contribution is -2.43. The number of amides is 1. The van der Waals surface area contributed by atoms with Gasteiger partial charge in [-0.25, -0.2) is 5.01 Å². The fraction of sp³-hybridized carbons (Fsp3) is 0.476. The van der Waals surface area contributed by atoms with Crippen molar-refractivity contribution in [2.24, 2.45) is 11.3 Å². The molecular formula is C21H25F3N2O. The van der Waals surface area contributed by atoms with E-state index >= 15 is 0 Å². The fourth-order valence-corrected chi connectivity index (χ4v) is 3.69. The van der Waals surface area contributed by atoms with Crippen molar-refractivity contribution in [1.29, 1.82) is 0 Å². The summed E-state index contributed by atoms with van der Waals surface area (Å²) in [5.41, 5.74) is 2.83. The van der Waals surface area contributed by atoms with E-state index in [1.165, 1.54) is 6.07 Å². The minimum absolute atomic E-state index is 0.00215. The van der Waals surface area contributed by atoms with Crippen molar-refractivity contribution in [2.75, 3.05) is 6.54 Å². The highest BCUT2D eigenvalue weighted by molar-refractivity contribution is 5.87. The molecule has 27 heavy (non-hydrogen) atoms. The van der Waals surface area contributed by atoms with Crippen LogP contribution in [0.2, 0.25) is 0 Å². The Morgan fingerprint density at radius 2 is 1.89 bits per heavy atom. The second-order valence-electron chi connectivity index (χ2n) is 8.40.